The molecule has 0 saturated heterocycles. The van der Waals surface area contributed by atoms with Crippen LogP contribution in [0.4, 0.5) is 8.22 Å². The van der Waals surface area contributed by atoms with Crippen molar-refractivity contribution in [1.29, 1.82) is 0 Å². The second-order valence-electron chi connectivity index (χ2n) is 15.0. The molecule has 8 nitrogen and oxygen atoms in total. The second-order valence-corrected chi connectivity index (χ2v) is 18.6. The highest BCUT2D eigenvalue weighted by Gasteiger charge is 2.46. The van der Waals surface area contributed by atoms with Gasteiger partial charge in [0.2, 0.25) is 0 Å². The van der Waals surface area contributed by atoms with Gasteiger partial charge in [0.25, 0.3) is 0 Å². The third-order valence-corrected chi connectivity index (χ3v) is 11.4. The fourth-order valence-corrected chi connectivity index (χ4v) is 7.17. The molecule has 0 aliphatic carbocycles. The Hall–Kier alpha value is -4.37. The van der Waals surface area contributed by atoms with E-state index in [9.17, 15) is 18.4 Å². The molecular formula is C41H43F2IN6O2Si. The lowest BCUT2D eigenvalue weighted by Crippen LogP contribution is -2.42. The first-order valence-electron chi connectivity index (χ1n) is 17.0. The topological polar surface area (TPSA) is 118 Å². The molecular weight excluding hydrogens is 801 g/mol. The fraction of sp³-hybridized carbons (Fsp3) is 0.268. The summed E-state index contributed by atoms with van der Waals surface area (Å²) >= 11 is 2.29. The molecule has 2 unspecified atom stereocenters. The summed E-state index contributed by atoms with van der Waals surface area (Å²) in [5.41, 5.74) is 2.25. The molecule has 0 bridgehead atoms. The van der Waals surface area contributed by atoms with E-state index in [1.165, 1.54) is 28.4 Å². The zero-order chi connectivity index (χ0) is 38.7. The van der Waals surface area contributed by atoms with Crippen molar-refractivity contribution in [2.45, 2.75) is 59.3 Å². The minimum Gasteiger partial charge on any atom is -0.378 e. The lowest BCUT2D eigenvalue weighted by Gasteiger charge is -2.39. The molecule has 0 aliphatic heterocycles. The number of rotatable bonds is 7. The Labute approximate surface area is 324 Å². The van der Waals surface area contributed by atoms with Crippen molar-refractivity contribution in [3.63, 3.8) is 0 Å². The van der Waals surface area contributed by atoms with Crippen LogP contribution in [0.3, 0.4) is 0 Å². The molecule has 6 rings (SSSR count). The first-order valence-corrected chi connectivity index (χ1v) is 20.3. The first-order chi connectivity index (χ1) is 24.9. The molecule has 4 aromatic heterocycles. The molecule has 274 valence electrons. The van der Waals surface area contributed by atoms with Crippen LogP contribution in [-0.2, 0) is 11.2 Å². The summed E-state index contributed by atoms with van der Waals surface area (Å²) in [4.78, 5) is 25.3. The molecule has 0 spiro atoms. The van der Waals surface area contributed by atoms with E-state index < -0.39 is 30.8 Å². The number of aliphatic hydroxyl groups is 2. The average molecular weight is 845 g/mol. The van der Waals surface area contributed by atoms with Crippen molar-refractivity contribution in [3.8, 4) is 22.3 Å². The van der Waals surface area contributed by atoms with Gasteiger partial charge in [-0.3, -0.25) is 18.2 Å². The minimum atomic E-state index is -4.31. The molecule has 6 aromatic rings. The maximum Gasteiger partial charge on any atom is 0.452 e. The van der Waals surface area contributed by atoms with Crippen LogP contribution in [0.25, 0.3) is 22.3 Å². The molecule has 12 heteroatoms. The van der Waals surface area contributed by atoms with E-state index in [2.05, 4.69) is 76.8 Å². The van der Waals surface area contributed by atoms with Gasteiger partial charge in [-0.2, -0.15) is 0 Å². The summed E-state index contributed by atoms with van der Waals surface area (Å²) in [6.07, 6.45) is 12.8. The van der Waals surface area contributed by atoms with Gasteiger partial charge in [-0.15, -0.1) is 0 Å². The van der Waals surface area contributed by atoms with Gasteiger partial charge >= 0.3 is 8.74 Å². The highest BCUT2D eigenvalue weighted by atomic mass is 127. The normalized spacial score (nSPS) is 14.3. The Bertz CT molecular complexity index is 2090. The largest absolute Gasteiger partial charge is 0.452 e. The smallest absolute Gasteiger partial charge is 0.378 e. The molecule has 2 aromatic carbocycles. The van der Waals surface area contributed by atoms with E-state index in [0.717, 1.165) is 28.8 Å². The molecule has 0 aliphatic rings. The first kappa shape index (κ1) is 39.8. The number of halogens is 3. The Morgan fingerprint density at radius 3 is 1.15 bits per heavy atom. The fourth-order valence-electron chi connectivity index (χ4n) is 6.06. The third-order valence-electron chi connectivity index (χ3n) is 9.30. The predicted octanol–water partition coefficient (Wildman–Crippen LogP) is 8.46. The number of nitrogens with zero attached hydrogens (tertiary/aromatic N) is 6. The average Bonchev–Trinajstić information content (AvgIpc) is 3.14. The van der Waals surface area contributed by atoms with Gasteiger partial charge in [0.1, 0.15) is 23.9 Å². The van der Waals surface area contributed by atoms with Crippen LogP contribution in [0, 0.1) is 14.4 Å². The summed E-state index contributed by atoms with van der Waals surface area (Å²) in [5.74, 6) is 0. The van der Waals surface area contributed by atoms with E-state index in [4.69, 9.17) is 0 Å². The van der Waals surface area contributed by atoms with E-state index in [1.54, 1.807) is 55.4 Å². The Balaban J connectivity index is 0.000000206. The molecule has 0 radical (unpaired) electrons. The molecule has 0 fully saturated rings. The molecule has 53 heavy (non-hydrogen) atoms. The summed E-state index contributed by atoms with van der Waals surface area (Å²) in [6, 6.07) is 22.0. The summed E-state index contributed by atoms with van der Waals surface area (Å²) in [7, 11) is -4.31. The van der Waals surface area contributed by atoms with Crippen LogP contribution in [0.5, 0.6) is 0 Å². The minimum absolute atomic E-state index is 0.104. The van der Waals surface area contributed by atoms with Crippen molar-refractivity contribution in [2.75, 3.05) is 0 Å². The molecule has 4 heterocycles. The Kier molecular flexibility index (Phi) is 11.7. The van der Waals surface area contributed by atoms with Crippen molar-refractivity contribution in [3.05, 3.63) is 149 Å². The van der Waals surface area contributed by atoms with Gasteiger partial charge in [0.15, 0.2) is 0 Å². The highest BCUT2D eigenvalue weighted by molar-refractivity contribution is 14.1. The van der Waals surface area contributed by atoms with Crippen molar-refractivity contribution in [1.82, 2.24) is 29.9 Å². The Morgan fingerprint density at radius 1 is 0.509 bits per heavy atom. The third kappa shape index (κ3) is 8.56. The van der Waals surface area contributed by atoms with Crippen LogP contribution in [0.15, 0.2) is 123 Å². The summed E-state index contributed by atoms with van der Waals surface area (Å²) < 4.78 is 28.3. The van der Waals surface area contributed by atoms with Gasteiger partial charge < -0.3 is 10.2 Å². The van der Waals surface area contributed by atoms with Crippen LogP contribution >= 0.6 is 22.6 Å². The lowest BCUT2D eigenvalue weighted by atomic mass is 9.70. The van der Waals surface area contributed by atoms with Crippen LogP contribution in [-0.4, -0.2) is 48.9 Å². The number of hydrogen-bond donors (Lipinski definition) is 2. The van der Waals surface area contributed by atoms with Crippen molar-refractivity contribution in [2.24, 2.45) is 10.8 Å². The van der Waals surface area contributed by atoms with Gasteiger partial charge in [-0.05, 0) is 64.5 Å². The van der Waals surface area contributed by atoms with Gasteiger partial charge in [0, 0.05) is 79.0 Å². The number of pyridine rings is 2. The lowest BCUT2D eigenvalue weighted by molar-refractivity contribution is -0.0301. The molecule has 2 atom stereocenters. The maximum absolute atomic E-state index is 13.5. The highest BCUT2D eigenvalue weighted by Crippen LogP contribution is 2.45. The standard InChI is InChI=1S/C21H23F2N3OSi.C20H20IN3O/c1-20(2,3)21(27,17-12-24-14-25-13-17)19-10-7-16(11-26-19)15-5-8-18(9-6-15)28(4,22)23;1-19(2,3)20(25,16-11-22-13-23-12-16)18-9-6-15(10-24-18)14-4-7-17(21)8-5-14/h5-14,27H,1-4H3;4-13,25H,1-3H3. The maximum atomic E-state index is 13.5. The van der Waals surface area contributed by atoms with Crippen molar-refractivity contribution >= 4 is 36.5 Å². The monoisotopic (exact) mass is 844 g/mol. The zero-order valence-corrected chi connectivity index (χ0v) is 33.9. The quantitative estimate of drug-likeness (QED) is 0.0935. The Morgan fingerprint density at radius 2 is 0.849 bits per heavy atom. The second kappa shape index (κ2) is 15.5. The zero-order valence-electron chi connectivity index (χ0n) is 30.8. The van der Waals surface area contributed by atoms with Gasteiger partial charge in [-0.1, -0.05) is 90.1 Å². The van der Waals surface area contributed by atoms with E-state index >= 15 is 0 Å². The van der Waals surface area contributed by atoms with Crippen LogP contribution < -0.4 is 5.19 Å². The molecule has 0 amide bonds. The van der Waals surface area contributed by atoms with Crippen LogP contribution in [0.1, 0.15) is 64.1 Å². The number of benzene rings is 2. The van der Waals surface area contributed by atoms with Gasteiger partial charge in [-0.25, -0.2) is 19.9 Å². The molecule has 0 saturated carbocycles. The van der Waals surface area contributed by atoms with Gasteiger partial charge in [0.05, 0.1) is 11.4 Å². The van der Waals surface area contributed by atoms with Crippen LogP contribution in [0.2, 0.25) is 6.55 Å². The van der Waals surface area contributed by atoms with E-state index in [1.807, 2.05) is 59.7 Å². The predicted molar refractivity (Wildman–Crippen MR) is 215 cm³/mol. The number of hydrogen-bond acceptors (Lipinski definition) is 8. The van der Waals surface area contributed by atoms with Crippen molar-refractivity contribution < 1.29 is 18.4 Å². The summed E-state index contributed by atoms with van der Waals surface area (Å²) in [5, 5.41) is 23.2. The summed E-state index contributed by atoms with van der Waals surface area (Å²) in [6.45, 7) is 12.7. The number of aromatic nitrogens is 6. The molecule has 2 N–H and O–H groups in total. The SMILES string of the molecule is CC(C)(C)C(O)(c1cncnc1)c1ccc(-c2ccc(I)cc2)cn1.CC(C)(C)C(O)(c1cncnc1)c1ccc(-c2ccc([Si](C)(F)F)cc2)cn1. The van der Waals surface area contributed by atoms with E-state index in [0.29, 0.717) is 22.5 Å². The van der Waals surface area contributed by atoms with E-state index in [-0.39, 0.29) is 5.19 Å².